The van der Waals surface area contributed by atoms with Crippen molar-refractivity contribution in [1.82, 2.24) is 15.3 Å². The van der Waals surface area contributed by atoms with Crippen molar-refractivity contribution in [3.05, 3.63) is 48.4 Å². The van der Waals surface area contributed by atoms with Gasteiger partial charge in [0.15, 0.2) is 0 Å². The first-order valence-electron chi connectivity index (χ1n) is 8.85. The third-order valence-corrected chi connectivity index (χ3v) is 4.58. The van der Waals surface area contributed by atoms with Crippen molar-refractivity contribution in [2.75, 3.05) is 36.0 Å². The summed E-state index contributed by atoms with van der Waals surface area (Å²) >= 11 is 0. The maximum atomic E-state index is 12.3. The van der Waals surface area contributed by atoms with Gasteiger partial charge in [-0.15, -0.1) is 0 Å². The monoisotopic (exact) mass is 339 g/mol. The predicted octanol–water partition coefficient (Wildman–Crippen LogP) is 2.33. The van der Waals surface area contributed by atoms with E-state index in [2.05, 4.69) is 32.0 Å². The molecule has 0 bridgehead atoms. The number of amides is 1. The highest BCUT2D eigenvalue weighted by Gasteiger charge is 2.19. The zero-order valence-electron chi connectivity index (χ0n) is 14.9. The molecule has 1 fully saturated rings. The minimum atomic E-state index is -0.108. The van der Waals surface area contributed by atoms with Crippen molar-refractivity contribution in [2.24, 2.45) is 0 Å². The quantitative estimate of drug-likeness (QED) is 0.906. The summed E-state index contributed by atoms with van der Waals surface area (Å²) in [6.07, 6.45) is 4.44. The van der Waals surface area contributed by atoms with Crippen molar-refractivity contribution < 1.29 is 4.79 Å². The van der Waals surface area contributed by atoms with Gasteiger partial charge in [-0.1, -0.05) is 13.0 Å². The van der Waals surface area contributed by atoms with Crippen LogP contribution in [-0.2, 0) is 0 Å². The number of anilines is 2. The van der Waals surface area contributed by atoms with Gasteiger partial charge < -0.3 is 15.1 Å². The lowest BCUT2D eigenvalue weighted by molar-refractivity contribution is 0.0934. The Labute approximate surface area is 148 Å². The van der Waals surface area contributed by atoms with E-state index in [-0.39, 0.29) is 11.9 Å². The molecule has 1 unspecified atom stereocenters. The molecule has 1 saturated heterocycles. The molecule has 0 aromatic carbocycles. The number of hydrogen-bond donors (Lipinski definition) is 1. The smallest absolute Gasteiger partial charge is 0.270 e. The molecule has 1 N–H and O–H groups in total. The third-order valence-electron chi connectivity index (χ3n) is 4.58. The van der Waals surface area contributed by atoms with Crippen LogP contribution in [0.1, 0.15) is 30.8 Å². The summed E-state index contributed by atoms with van der Waals surface area (Å²) in [5.74, 6) is 0.911. The van der Waals surface area contributed by atoms with E-state index in [0.717, 1.165) is 44.1 Å². The second-order valence-corrected chi connectivity index (χ2v) is 6.34. The van der Waals surface area contributed by atoms with Gasteiger partial charge in [0, 0.05) is 50.3 Å². The molecule has 25 heavy (non-hydrogen) atoms. The van der Waals surface area contributed by atoms with Gasteiger partial charge in [-0.05, 0) is 37.6 Å². The highest BCUT2D eigenvalue weighted by molar-refractivity contribution is 5.93. The van der Waals surface area contributed by atoms with Gasteiger partial charge in [-0.3, -0.25) is 9.78 Å². The van der Waals surface area contributed by atoms with Crippen LogP contribution in [0.15, 0.2) is 42.7 Å². The van der Waals surface area contributed by atoms with Crippen LogP contribution < -0.4 is 15.1 Å². The first kappa shape index (κ1) is 17.2. The van der Waals surface area contributed by atoms with E-state index < -0.39 is 0 Å². The Kier molecular flexibility index (Phi) is 5.48. The highest BCUT2D eigenvalue weighted by Crippen LogP contribution is 2.19. The van der Waals surface area contributed by atoms with Gasteiger partial charge in [0.2, 0.25) is 0 Å². The fraction of sp³-hybridized carbons (Fsp3) is 0.421. The minimum Gasteiger partial charge on any atom is -0.368 e. The molecule has 0 radical (unpaired) electrons. The van der Waals surface area contributed by atoms with Crippen LogP contribution in [0.5, 0.6) is 0 Å². The molecule has 1 aliphatic rings. The molecule has 132 valence electrons. The predicted molar refractivity (Wildman–Crippen MR) is 100 cm³/mol. The van der Waals surface area contributed by atoms with Crippen LogP contribution in [0.3, 0.4) is 0 Å². The number of pyridine rings is 2. The Balaban J connectivity index is 1.64. The SMILES string of the molecule is CCC(C)NC(=O)c1cc(N2CCN(c3ccccn3)CC2)ccn1. The van der Waals surface area contributed by atoms with Crippen molar-refractivity contribution in [2.45, 2.75) is 26.3 Å². The van der Waals surface area contributed by atoms with Crippen LogP contribution in [0, 0.1) is 0 Å². The standard InChI is InChI=1S/C19H25N5O/c1-3-15(2)22-19(25)17-14-16(7-9-20-17)23-10-12-24(13-11-23)18-6-4-5-8-21-18/h4-9,14-15H,3,10-13H2,1-2H3,(H,22,25). The lowest BCUT2D eigenvalue weighted by Gasteiger charge is -2.36. The Morgan fingerprint density at radius 1 is 1.12 bits per heavy atom. The van der Waals surface area contributed by atoms with E-state index in [0.29, 0.717) is 5.69 Å². The summed E-state index contributed by atoms with van der Waals surface area (Å²) < 4.78 is 0. The number of carbonyl (C=O) groups is 1. The number of rotatable bonds is 5. The summed E-state index contributed by atoms with van der Waals surface area (Å²) in [6, 6.07) is 9.99. The Morgan fingerprint density at radius 3 is 2.56 bits per heavy atom. The Hall–Kier alpha value is -2.63. The van der Waals surface area contributed by atoms with Crippen LogP contribution in [0.4, 0.5) is 11.5 Å². The number of piperazine rings is 1. The Morgan fingerprint density at radius 2 is 1.88 bits per heavy atom. The molecule has 0 spiro atoms. The molecule has 6 nitrogen and oxygen atoms in total. The lowest BCUT2D eigenvalue weighted by atomic mass is 10.2. The molecule has 1 atom stereocenters. The average molecular weight is 339 g/mol. The molecule has 3 heterocycles. The molecule has 0 aliphatic carbocycles. The first-order chi connectivity index (χ1) is 12.2. The molecule has 2 aromatic heterocycles. The number of aromatic nitrogens is 2. The summed E-state index contributed by atoms with van der Waals surface area (Å²) in [6.45, 7) is 7.66. The van der Waals surface area contributed by atoms with Crippen LogP contribution in [0.25, 0.3) is 0 Å². The van der Waals surface area contributed by atoms with E-state index in [1.807, 2.05) is 43.5 Å². The third kappa shape index (κ3) is 4.26. The number of hydrogen-bond acceptors (Lipinski definition) is 5. The van der Waals surface area contributed by atoms with Crippen molar-refractivity contribution in [3.63, 3.8) is 0 Å². The molecule has 1 aliphatic heterocycles. The van der Waals surface area contributed by atoms with Gasteiger partial charge in [-0.25, -0.2) is 4.98 Å². The normalized spacial score (nSPS) is 15.8. The molecule has 2 aromatic rings. The molecular formula is C19H25N5O. The zero-order valence-corrected chi connectivity index (χ0v) is 14.9. The van der Waals surface area contributed by atoms with Crippen LogP contribution in [-0.4, -0.2) is 48.1 Å². The van der Waals surface area contributed by atoms with E-state index in [9.17, 15) is 4.79 Å². The summed E-state index contributed by atoms with van der Waals surface area (Å²) in [4.78, 5) is 25.5. The van der Waals surface area contributed by atoms with Gasteiger partial charge in [-0.2, -0.15) is 0 Å². The van der Waals surface area contributed by atoms with Crippen LogP contribution >= 0.6 is 0 Å². The Bertz CT molecular complexity index is 698. The van der Waals surface area contributed by atoms with E-state index in [4.69, 9.17) is 0 Å². The van der Waals surface area contributed by atoms with Crippen LogP contribution in [0.2, 0.25) is 0 Å². The topological polar surface area (TPSA) is 61.4 Å². The maximum absolute atomic E-state index is 12.3. The number of nitrogens with zero attached hydrogens (tertiary/aromatic N) is 4. The lowest BCUT2D eigenvalue weighted by Crippen LogP contribution is -2.47. The number of nitrogens with one attached hydrogen (secondary N) is 1. The fourth-order valence-corrected chi connectivity index (χ4v) is 2.87. The molecule has 6 heteroatoms. The average Bonchev–Trinajstić information content (AvgIpc) is 2.68. The minimum absolute atomic E-state index is 0.108. The van der Waals surface area contributed by atoms with E-state index >= 15 is 0 Å². The van der Waals surface area contributed by atoms with Gasteiger partial charge in [0.05, 0.1) is 0 Å². The summed E-state index contributed by atoms with van der Waals surface area (Å²) in [5, 5.41) is 2.97. The summed E-state index contributed by atoms with van der Waals surface area (Å²) in [5.41, 5.74) is 1.52. The van der Waals surface area contributed by atoms with E-state index in [1.165, 1.54) is 0 Å². The van der Waals surface area contributed by atoms with Gasteiger partial charge >= 0.3 is 0 Å². The second-order valence-electron chi connectivity index (χ2n) is 6.34. The molecule has 0 saturated carbocycles. The zero-order chi connectivity index (χ0) is 17.6. The molecular weight excluding hydrogens is 314 g/mol. The second kappa shape index (κ2) is 7.96. The summed E-state index contributed by atoms with van der Waals surface area (Å²) in [7, 11) is 0. The largest absolute Gasteiger partial charge is 0.368 e. The van der Waals surface area contributed by atoms with E-state index in [1.54, 1.807) is 6.20 Å². The fourth-order valence-electron chi connectivity index (χ4n) is 2.87. The van der Waals surface area contributed by atoms with Crippen molar-refractivity contribution in [3.8, 4) is 0 Å². The van der Waals surface area contributed by atoms with Gasteiger partial charge in [0.25, 0.3) is 5.91 Å². The van der Waals surface area contributed by atoms with Crippen molar-refractivity contribution >= 4 is 17.4 Å². The van der Waals surface area contributed by atoms with Gasteiger partial charge in [0.1, 0.15) is 11.5 Å². The number of carbonyl (C=O) groups excluding carboxylic acids is 1. The molecule has 3 rings (SSSR count). The maximum Gasteiger partial charge on any atom is 0.270 e. The molecule has 1 amide bonds. The highest BCUT2D eigenvalue weighted by atomic mass is 16.1. The van der Waals surface area contributed by atoms with Crippen molar-refractivity contribution in [1.29, 1.82) is 0 Å². The first-order valence-corrected chi connectivity index (χ1v) is 8.85.